The fourth-order valence-corrected chi connectivity index (χ4v) is 4.78. The molecule has 2 atom stereocenters. The van der Waals surface area contributed by atoms with Crippen LogP contribution < -0.4 is 10.1 Å². The van der Waals surface area contributed by atoms with Crippen molar-refractivity contribution in [2.24, 2.45) is 5.41 Å². The molecular formula is C21H30N2O3. The average molecular weight is 358 g/mol. The van der Waals surface area contributed by atoms with Crippen molar-refractivity contribution >= 4 is 11.8 Å². The molecule has 5 heteroatoms. The third-order valence-electron chi connectivity index (χ3n) is 6.18. The van der Waals surface area contributed by atoms with Gasteiger partial charge in [-0.2, -0.15) is 0 Å². The number of nitrogens with one attached hydrogen (secondary N) is 1. The smallest absolute Gasteiger partial charge is 0.222 e. The van der Waals surface area contributed by atoms with Crippen LogP contribution >= 0.6 is 0 Å². The van der Waals surface area contributed by atoms with E-state index in [1.165, 1.54) is 0 Å². The molecule has 1 saturated heterocycles. The fourth-order valence-electron chi connectivity index (χ4n) is 4.78. The lowest BCUT2D eigenvalue weighted by Gasteiger charge is -2.46. The fraction of sp³-hybridized carbons (Fsp3) is 0.619. The monoisotopic (exact) mass is 358 g/mol. The average Bonchev–Trinajstić information content (AvgIpc) is 3.09. The van der Waals surface area contributed by atoms with Gasteiger partial charge >= 0.3 is 0 Å². The van der Waals surface area contributed by atoms with Gasteiger partial charge in [-0.15, -0.1) is 0 Å². The third kappa shape index (κ3) is 3.71. The van der Waals surface area contributed by atoms with Crippen LogP contribution in [-0.4, -0.2) is 43.0 Å². The number of amides is 2. The van der Waals surface area contributed by atoms with Crippen LogP contribution in [0.15, 0.2) is 24.3 Å². The zero-order chi connectivity index (χ0) is 18.6. The summed E-state index contributed by atoms with van der Waals surface area (Å²) in [6.07, 6.45) is 5.96. The van der Waals surface area contributed by atoms with Crippen LogP contribution in [0.4, 0.5) is 0 Å². The maximum absolute atomic E-state index is 12.4. The van der Waals surface area contributed by atoms with Crippen molar-refractivity contribution in [3.63, 3.8) is 0 Å². The van der Waals surface area contributed by atoms with Gasteiger partial charge in [0, 0.05) is 37.4 Å². The number of likely N-dealkylation sites (tertiary alicyclic amines) is 1. The number of carbonyl (C=O) groups excluding carboxylic acids is 2. The molecule has 0 spiro atoms. The molecule has 2 unspecified atom stereocenters. The molecule has 1 N–H and O–H groups in total. The molecule has 1 heterocycles. The van der Waals surface area contributed by atoms with Crippen molar-refractivity contribution in [1.82, 2.24) is 10.2 Å². The number of rotatable bonds is 7. The van der Waals surface area contributed by atoms with Gasteiger partial charge in [0.25, 0.3) is 0 Å². The molecule has 2 amide bonds. The molecule has 1 aromatic carbocycles. The molecule has 0 aromatic heterocycles. The van der Waals surface area contributed by atoms with Gasteiger partial charge in [0.2, 0.25) is 11.8 Å². The van der Waals surface area contributed by atoms with Gasteiger partial charge in [0.05, 0.1) is 7.11 Å². The highest BCUT2D eigenvalue weighted by Gasteiger charge is 2.49. The maximum atomic E-state index is 12.4. The molecular weight excluding hydrogens is 328 g/mol. The first-order valence-electron chi connectivity index (χ1n) is 9.77. The first kappa shape index (κ1) is 18.7. The van der Waals surface area contributed by atoms with Crippen LogP contribution in [0.5, 0.6) is 5.75 Å². The second-order valence-corrected chi connectivity index (χ2v) is 7.54. The minimum Gasteiger partial charge on any atom is -0.496 e. The summed E-state index contributed by atoms with van der Waals surface area (Å²) in [5.41, 5.74) is 1.13. The second kappa shape index (κ2) is 8.11. The van der Waals surface area contributed by atoms with E-state index in [0.29, 0.717) is 31.8 Å². The minimum atomic E-state index is 0.0734. The second-order valence-electron chi connectivity index (χ2n) is 7.54. The Morgan fingerprint density at radius 1 is 1.35 bits per heavy atom. The Kier molecular flexibility index (Phi) is 5.84. The summed E-state index contributed by atoms with van der Waals surface area (Å²) in [5.74, 6) is 1.19. The van der Waals surface area contributed by atoms with Gasteiger partial charge in [-0.3, -0.25) is 9.59 Å². The predicted octanol–water partition coefficient (Wildman–Crippen LogP) is 2.93. The Bertz CT molecular complexity index is 660. The summed E-state index contributed by atoms with van der Waals surface area (Å²) in [7, 11) is 1.65. The number of ether oxygens (including phenoxy) is 1. The lowest BCUT2D eigenvalue weighted by Crippen LogP contribution is -2.55. The highest BCUT2D eigenvalue weighted by Crippen LogP contribution is 2.47. The number of benzene rings is 1. The molecule has 0 radical (unpaired) electrons. The van der Waals surface area contributed by atoms with E-state index in [-0.39, 0.29) is 17.2 Å². The van der Waals surface area contributed by atoms with Gasteiger partial charge in [0.1, 0.15) is 5.75 Å². The minimum absolute atomic E-state index is 0.0734. The summed E-state index contributed by atoms with van der Waals surface area (Å²) < 4.78 is 5.35. The Morgan fingerprint density at radius 3 is 2.92 bits per heavy atom. The summed E-state index contributed by atoms with van der Waals surface area (Å²) >= 11 is 0. The molecule has 1 aliphatic heterocycles. The Morgan fingerprint density at radius 2 is 2.15 bits per heavy atom. The topological polar surface area (TPSA) is 58.6 Å². The van der Waals surface area contributed by atoms with Crippen molar-refractivity contribution in [2.75, 3.05) is 20.2 Å². The molecule has 3 rings (SSSR count). The van der Waals surface area contributed by atoms with E-state index in [4.69, 9.17) is 4.74 Å². The van der Waals surface area contributed by atoms with Crippen LogP contribution in [0.1, 0.15) is 51.0 Å². The van der Waals surface area contributed by atoms with E-state index < -0.39 is 0 Å². The molecule has 2 aliphatic rings. The summed E-state index contributed by atoms with van der Waals surface area (Å²) in [5, 5.41) is 3.16. The van der Waals surface area contributed by atoms with Gasteiger partial charge in [-0.25, -0.2) is 0 Å². The van der Waals surface area contributed by atoms with Crippen molar-refractivity contribution in [1.29, 1.82) is 0 Å². The number of aryl methyl sites for hydroxylation is 1. The molecule has 1 aromatic rings. The zero-order valence-electron chi connectivity index (χ0n) is 15.9. The van der Waals surface area contributed by atoms with Crippen molar-refractivity contribution < 1.29 is 14.3 Å². The largest absolute Gasteiger partial charge is 0.496 e. The molecule has 142 valence electrons. The summed E-state index contributed by atoms with van der Waals surface area (Å²) in [6.45, 7) is 3.51. The number of hydrogen-bond acceptors (Lipinski definition) is 3. The summed E-state index contributed by atoms with van der Waals surface area (Å²) in [4.78, 5) is 26.7. The van der Waals surface area contributed by atoms with Crippen LogP contribution in [0.25, 0.3) is 0 Å². The Balaban J connectivity index is 1.56. The molecule has 26 heavy (non-hydrogen) atoms. The lowest BCUT2D eigenvalue weighted by molar-refractivity contribution is -0.141. The van der Waals surface area contributed by atoms with Crippen molar-refractivity contribution in [3.8, 4) is 5.75 Å². The van der Waals surface area contributed by atoms with E-state index in [1.54, 1.807) is 7.11 Å². The first-order valence-corrected chi connectivity index (χ1v) is 9.77. The van der Waals surface area contributed by atoms with Crippen molar-refractivity contribution in [2.45, 2.75) is 57.9 Å². The zero-order valence-corrected chi connectivity index (χ0v) is 15.9. The number of hydrogen-bond donors (Lipinski definition) is 1. The van der Waals surface area contributed by atoms with Crippen LogP contribution in [-0.2, 0) is 16.0 Å². The molecule has 5 nitrogen and oxygen atoms in total. The van der Waals surface area contributed by atoms with Crippen LogP contribution in [0, 0.1) is 5.41 Å². The van der Waals surface area contributed by atoms with Crippen molar-refractivity contribution in [3.05, 3.63) is 29.8 Å². The van der Waals surface area contributed by atoms with Gasteiger partial charge < -0.3 is 15.0 Å². The van der Waals surface area contributed by atoms with Crippen LogP contribution in [0.2, 0.25) is 0 Å². The number of carbonyl (C=O) groups is 2. The maximum Gasteiger partial charge on any atom is 0.222 e. The molecule has 0 bridgehead atoms. The summed E-state index contributed by atoms with van der Waals surface area (Å²) in [6, 6.07) is 8.13. The Labute approximate surface area is 156 Å². The van der Waals surface area contributed by atoms with E-state index in [9.17, 15) is 9.59 Å². The van der Waals surface area contributed by atoms with E-state index in [1.807, 2.05) is 29.2 Å². The SMILES string of the molecule is CCN1C(=O)CCC2(CNC(=O)CCc3ccccc3OC)CCCC12. The number of fused-ring (bicyclic) bond motifs is 1. The number of methoxy groups -OCH3 is 1. The number of para-hydroxylation sites is 1. The highest BCUT2D eigenvalue weighted by molar-refractivity contribution is 5.78. The van der Waals surface area contributed by atoms with Gasteiger partial charge in [-0.1, -0.05) is 24.6 Å². The van der Waals surface area contributed by atoms with Crippen LogP contribution in [0.3, 0.4) is 0 Å². The lowest BCUT2D eigenvalue weighted by atomic mass is 9.74. The number of piperidine rings is 1. The number of nitrogens with zero attached hydrogens (tertiary/aromatic N) is 1. The van der Waals surface area contributed by atoms with Gasteiger partial charge in [0.15, 0.2) is 0 Å². The van der Waals surface area contributed by atoms with E-state index >= 15 is 0 Å². The highest BCUT2D eigenvalue weighted by atomic mass is 16.5. The predicted molar refractivity (Wildman–Crippen MR) is 101 cm³/mol. The van der Waals surface area contributed by atoms with E-state index in [2.05, 4.69) is 12.2 Å². The molecule has 1 saturated carbocycles. The third-order valence-corrected chi connectivity index (χ3v) is 6.18. The van der Waals surface area contributed by atoms with Gasteiger partial charge in [-0.05, 0) is 44.2 Å². The first-order chi connectivity index (χ1) is 12.6. The quantitative estimate of drug-likeness (QED) is 0.815. The normalized spacial score (nSPS) is 25.1. The molecule has 1 aliphatic carbocycles. The van der Waals surface area contributed by atoms with E-state index in [0.717, 1.165) is 43.5 Å². The standard InChI is InChI=1S/C21H30N2O3/c1-3-23-18-9-6-13-21(18,14-12-20(23)25)15-22-19(24)11-10-16-7-4-5-8-17(16)26-2/h4-5,7-8,18H,3,6,9-15H2,1-2H3,(H,22,24). The Hall–Kier alpha value is -2.04. The molecule has 2 fully saturated rings.